The Hall–Kier alpha value is -3.90. The first-order valence-corrected chi connectivity index (χ1v) is 11.6. The molecule has 0 aliphatic carbocycles. The van der Waals surface area contributed by atoms with Gasteiger partial charge in [0.25, 0.3) is 0 Å². The van der Waals surface area contributed by atoms with Crippen LogP contribution in [-0.4, -0.2) is 62.7 Å². The van der Waals surface area contributed by atoms with Gasteiger partial charge >= 0.3 is 0 Å². The monoisotopic (exact) mass is 485 g/mol. The Kier molecular flexibility index (Phi) is 6.80. The van der Waals surface area contributed by atoms with Crippen molar-refractivity contribution in [3.8, 4) is 34.5 Å². The molecule has 178 valence electrons. The van der Waals surface area contributed by atoms with Crippen molar-refractivity contribution in [3.05, 3.63) is 54.6 Å². The summed E-state index contributed by atoms with van der Waals surface area (Å²) in [6, 6.07) is 15.3. The molecule has 2 aromatic heterocycles. The molecule has 0 saturated heterocycles. The van der Waals surface area contributed by atoms with E-state index < -0.39 is 10.0 Å². The van der Waals surface area contributed by atoms with Crippen LogP contribution in [0.15, 0.2) is 59.5 Å². The van der Waals surface area contributed by atoms with Crippen molar-refractivity contribution >= 4 is 15.7 Å². The molecule has 0 aliphatic rings. The number of benzene rings is 2. The smallest absolute Gasteiger partial charge is 0.244 e. The van der Waals surface area contributed by atoms with Gasteiger partial charge in [0, 0.05) is 24.2 Å². The van der Waals surface area contributed by atoms with Crippen LogP contribution in [0.25, 0.3) is 17.0 Å². The number of fused-ring (bicyclic) bond motifs is 1. The fourth-order valence-corrected chi connectivity index (χ4v) is 4.39. The second-order valence-corrected chi connectivity index (χ2v) is 8.70. The molecular formula is C22H23N5O6S. The van der Waals surface area contributed by atoms with Crippen molar-refractivity contribution in [2.24, 2.45) is 0 Å². The number of methoxy groups -OCH3 is 3. The summed E-state index contributed by atoms with van der Waals surface area (Å²) in [7, 11) is 0.586. The van der Waals surface area contributed by atoms with E-state index in [-0.39, 0.29) is 29.7 Å². The lowest BCUT2D eigenvalue weighted by Crippen LogP contribution is -2.28. The van der Waals surface area contributed by atoms with Crippen LogP contribution in [-0.2, 0) is 10.0 Å². The Morgan fingerprint density at radius 1 is 0.912 bits per heavy atom. The molecule has 0 saturated carbocycles. The molecule has 4 rings (SSSR count). The lowest BCUT2D eigenvalue weighted by molar-refractivity contribution is 0.305. The Bertz CT molecular complexity index is 1410. The van der Waals surface area contributed by atoms with E-state index in [0.29, 0.717) is 23.0 Å². The third-order valence-corrected chi connectivity index (χ3v) is 6.35. The summed E-state index contributed by atoms with van der Waals surface area (Å²) in [6.07, 6.45) is 0. The summed E-state index contributed by atoms with van der Waals surface area (Å²) in [5.74, 6) is 2.09. The highest BCUT2D eigenvalue weighted by atomic mass is 32.2. The summed E-state index contributed by atoms with van der Waals surface area (Å²) in [5.41, 5.74) is 1.31. The highest BCUT2D eigenvalue weighted by Gasteiger charge is 2.20. The summed E-state index contributed by atoms with van der Waals surface area (Å²) in [6.45, 7) is 0.0496. The number of nitrogens with zero attached hydrogens (tertiary/aromatic N) is 4. The van der Waals surface area contributed by atoms with Crippen LogP contribution < -0.4 is 23.7 Å². The number of hydrogen-bond acceptors (Lipinski definition) is 9. The minimum absolute atomic E-state index is 0.00728. The lowest BCUT2D eigenvalue weighted by Gasteiger charge is -2.12. The normalized spacial score (nSPS) is 11.4. The van der Waals surface area contributed by atoms with Crippen LogP contribution in [0.2, 0.25) is 0 Å². The minimum atomic E-state index is -3.86. The van der Waals surface area contributed by atoms with E-state index >= 15 is 0 Å². The topological polar surface area (TPSA) is 126 Å². The van der Waals surface area contributed by atoms with Gasteiger partial charge in [-0.15, -0.1) is 15.3 Å². The largest absolute Gasteiger partial charge is 0.497 e. The van der Waals surface area contributed by atoms with Gasteiger partial charge in [0.15, 0.2) is 11.5 Å². The van der Waals surface area contributed by atoms with Crippen molar-refractivity contribution in [1.29, 1.82) is 0 Å². The summed E-state index contributed by atoms with van der Waals surface area (Å²) < 4.78 is 50.7. The third kappa shape index (κ3) is 4.87. The molecule has 12 heteroatoms. The molecule has 0 radical (unpaired) electrons. The van der Waals surface area contributed by atoms with Crippen molar-refractivity contribution in [2.45, 2.75) is 4.90 Å². The summed E-state index contributed by atoms with van der Waals surface area (Å²) in [4.78, 5) is -0.0266. The highest BCUT2D eigenvalue weighted by molar-refractivity contribution is 7.89. The molecule has 2 aromatic carbocycles. The fraction of sp³-hybridized carbons (Fsp3) is 0.227. The van der Waals surface area contributed by atoms with Gasteiger partial charge in [0.2, 0.25) is 15.9 Å². The molecule has 1 N–H and O–H groups in total. The van der Waals surface area contributed by atoms with E-state index in [9.17, 15) is 8.42 Å². The number of ether oxygens (including phenoxy) is 4. The van der Waals surface area contributed by atoms with E-state index in [1.165, 1.54) is 26.4 Å². The van der Waals surface area contributed by atoms with Crippen molar-refractivity contribution in [3.63, 3.8) is 0 Å². The van der Waals surface area contributed by atoms with Gasteiger partial charge in [-0.05, 0) is 30.3 Å². The fourth-order valence-electron chi connectivity index (χ4n) is 3.19. The molecular weight excluding hydrogens is 462 g/mol. The first-order chi connectivity index (χ1) is 16.4. The zero-order chi connectivity index (χ0) is 24.1. The number of hydrogen-bond donors (Lipinski definition) is 1. The standard InChI is InChI=1S/C22H23N5O6S/c1-30-16-6-4-5-15(13-16)22-25-24-20-9-10-21(26-27(20)22)33-12-11-23-34(28,29)19-14-17(31-2)7-8-18(19)32-3/h4-10,13-14,23H,11-12H2,1-3H3. The molecule has 0 fully saturated rings. The second-order valence-electron chi connectivity index (χ2n) is 6.96. The summed E-state index contributed by atoms with van der Waals surface area (Å²) >= 11 is 0. The van der Waals surface area contributed by atoms with Gasteiger partial charge in [-0.1, -0.05) is 12.1 Å². The predicted octanol–water partition coefficient (Wildman–Crippen LogP) is 2.17. The van der Waals surface area contributed by atoms with Crippen LogP contribution in [0.4, 0.5) is 0 Å². The molecule has 0 spiro atoms. The van der Waals surface area contributed by atoms with Gasteiger partial charge in [-0.25, -0.2) is 13.1 Å². The molecule has 0 amide bonds. The molecule has 2 heterocycles. The maximum Gasteiger partial charge on any atom is 0.244 e. The summed E-state index contributed by atoms with van der Waals surface area (Å²) in [5, 5.41) is 12.7. The Morgan fingerprint density at radius 2 is 1.71 bits per heavy atom. The maximum atomic E-state index is 12.7. The molecule has 0 aliphatic heterocycles. The van der Waals surface area contributed by atoms with E-state index in [4.69, 9.17) is 18.9 Å². The van der Waals surface area contributed by atoms with E-state index in [1.807, 2.05) is 24.3 Å². The first-order valence-electron chi connectivity index (χ1n) is 10.2. The first kappa shape index (κ1) is 23.3. The number of sulfonamides is 1. The average molecular weight is 486 g/mol. The van der Waals surface area contributed by atoms with Gasteiger partial charge in [0.1, 0.15) is 28.8 Å². The van der Waals surface area contributed by atoms with Crippen LogP contribution in [0.3, 0.4) is 0 Å². The number of nitrogens with one attached hydrogen (secondary N) is 1. The molecule has 0 bridgehead atoms. The molecule has 4 aromatic rings. The lowest BCUT2D eigenvalue weighted by atomic mass is 10.2. The van der Waals surface area contributed by atoms with Crippen LogP contribution >= 0.6 is 0 Å². The van der Waals surface area contributed by atoms with Gasteiger partial charge in [0.05, 0.1) is 21.3 Å². The van der Waals surface area contributed by atoms with Crippen LogP contribution in [0.1, 0.15) is 0 Å². The van der Waals surface area contributed by atoms with Gasteiger partial charge in [-0.3, -0.25) is 0 Å². The number of rotatable bonds is 10. The molecule has 0 atom stereocenters. The van der Waals surface area contributed by atoms with E-state index in [0.717, 1.165) is 5.56 Å². The Balaban J connectivity index is 1.45. The third-order valence-electron chi connectivity index (χ3n) is 4.87. The maximum absolute atomic E-state index is 12.7. The van der Waals surface area contributed by atoms with E-state index in [1.54, 1.807) is 29.8 Å². The quantitative estimate of drug-likeness (QED) is 0.336. The SMILES string of the molecule is COc1cccc(-c2nnc3ccc(OCCNS(=O)(=O)c4cc(OC)ccc4OC)nn23)c1. The average Bonchev–Trinajstić information content (AvgIpc) is 3.29. The second kappa shape index (κ2) is 9.93. The molecule has 34 heavy (non-hydrogen) atoms. The van der Waals surface area contributed by atoms with Gasteiger partial charge in [-0.2, -0.15) is 4.52 Å². The van der Waals surface area contributed by atoms with Crippen molar-refractivity contribution in [1.82, 2.24) is 24.5 Å². The number of aromatic nitrogens is 4. The molecule has 11 nitrogen and oxygen atoms in total. The minimum Gasteiger partial charge on any atom is -0.497 e. The van der Waals surface area contributed by atoms with E-state index in [2.05, 4.69) is 20.0 Å². The Morgan fingerprint density at radius 3 is 2.47 bits per heavy atom. The predicted molar refractivity (Wildman–Crippen MR) is 123 cm³/mol. The van der Waals surface area contributed by atoms with Gasteiger partial charge < -0.3 is 18.9 Å². The highest BCUT2D eigenvalue weighted by Crippen LogP contribution is 2.28. The Labute approximate surface area is 196 Å². The van der Waals surface area contributed by atoms with Crippen molar-refractivity contribution in [2.75, 3.05) is 34.5 Å². The zero-order valence-electron chi connectivity index (χ0n) is 18.8. The van der Waals surface area contributed by atoms with Crippen LogP contribution in [0.5, 0.6) is 23.1 Å². The zero-order valence-corrected chi connectivity index (χ0v) is 19.6. The van der Waals surface area contributed by atoms with Crippen molar-refractivity contribution < 1.29 is 27.4 Å². The van der Waals surface area contributed by atoms with Crippen LogP contribution in [0, 0.1) is 0 Å². The molecule has 0 unspecified atom stereocenters.